The van der Waals surface area contributed by atoms with Crippen LogP contribution in [-0.4, -0.2) is 29.1 Å². The Morgan fingerprint density at radius 3 is 2.48 bits per heavy atom. The van der Waals surface area contributed by atoms with Gasteiger partial charge >= 0.3 is 0 Å². The highest BCUT2D eigenvalue weighted by Crippen LogP contribution is 2.37. The molecule has 1 N–H and O–H groups in total. The maximum absolute atomic E-state index is 13.1. The Bertz CT molecular complexity index is 1090. The highest BCUT2D eigenvalue weighted by Gasteiger charge is 2.36. The topological polar surface area (TPSA) is 50.8 Å². The largest absolute Gasteiger partial charge is 0.496 e. The van der Waals surface area contributed by atoms with Crippen LogP contribution in [0.5, 0.6) is 11.5 Å². The third-order valence-electron chi connectivity index (χ3n) is 5.80. The zero-order valence-electron chi connectivity index (χ0n) is 18.0. The van der Waals surface area contributed by atoms with Crippen LogP contribution >= 0.6 is 60.0 Å². The van der Waals surface area contributed by atoms with Gasteiger partial charge in [0.25, 0.3) is 5.91 Å². The van der Waals surface area contributed by atoms with Crippen molar-refractivity contribution in [3.63, 3.8) is 0 Å². The number of methoxy groups -OCH3 is 1. The summed E-state index contributed by atoms with van der Waals surface area (Å²) in [7, 11) is 1.63. The standard InChI is InChI=1S/C24H23Br3N2O3S/c1-31-21-8-7-14(9-15(21)13-32-22-18(26)11-16(25)12-19(22)27)10-20-23(30)29(24(33)28-20)17-5-3-2-4-6-17/h7-12,17H,2-6,13H2,1H3,(H,28,33)/b20-10+. The summed E-state index contributed by atoms with van der Waals surface area (Å²) in [5, 5.41) is 3.62. The van der Waals surface area contributed by atoms with E-state index in [4.69, 9.17) is 21.7 Å². The molecule has 0 bridgehead atoms. The van der Waals surface area contributed by atoms with Crippen LogP contribution < -0.4 is 14.8 Å². The number of hydrogen-bond donors (Lipinski definition) is 1. The first-order chi connectivity index (χ1) is 15.9. The fraction of sp³-hybridized carbons (Fsp3) is 0.333. The number of carbonyl (C=O) groups excluding carboxylic acids is 1. The average molecular weight is 659 g/mol. The van der Waals surface area contributed by atoms with Crippen LogP contribution in [0.2, 0.25) is 0 Å². The Morgan fingerprint density at radius 2 is 1.82 bits per heavy atom. The highest BCUT2D eigenvalue weighted by atomic mass is 79.9. The number of carbonyl (C=O) groups is 1. The van der Waals surface area contributed by atoms with E-state index >= 15 is 0 Å². The SMILES string of the molecule is COc1ccc(/C=C2/NC(=S)N(C3CCCCC3)C2=O)cc1COc1c(Br)cc(Br)cc1Br. The third kappa shape index (κ3) is 5.63. The van der Waals surface area contributed by atoms with E-state index in [0.717, 1.165) is 50.2 Å². The van der Waals surface area contributed by atoms with Gasteiger partial charge < -0.3 is 14.8 Å². The maximum atomic E-state index is 13.1. The molecule has 2 aromatic carbocycles. The Morgan fingerprint density at radius 1 is 1.12 bits per heavy atom. The molecule has 0 radical (unpaired) electrons. The lowest BCUT2D eigenvalue weighted by Gasteiger charge is -2.29. The second kappa shape index (κ2) is 10.9. The van der Waals surface area contributed by atoms with Gasteiger partial charge in [-0.2, -0.15) is 0 Å². The number of rotatable bonds is 6. The number of halogens is 3. The number of ether oxygens (including phenoxy) is 2. The number of hydrogen-bond acceptors (Lipinski definition) is 4. The lowest BCUT2D eigenvalue weighted by atomic mass is 9.94. The molecule has 174 valence electrons. The van der Waals surface area contributed by atoms with E-state index in [9.17, 15) is 4.79 Å². The molecule has 2 aliphatic rings. The maximum Gasteiger partial charge on any atom is 0.276 e. The molecular formula is C24H23Br3N2O3S. The molecular weight excluding hydrogens is 636 g/mol. The molecule has 2 aromatic rings. The van der Waals surface area contributed by atoms with Gasteiger partial charge in [-0.25, -0.2) is 0 Å². The van der Waals surface area contributed by atoms with Gasteiger partial charge in [-0.3, -0.25) is 9.69 Å². The fourth-order valence-corrected chi connectivity index (χ4v) is 7.03. The summed E-state index contributed by atoms with van der Waals surface area (Å²) in [6, 6.07) is 9.82. The molecule has 1 heterocycles. The average Bonchev–Trinajstić information content (AvgIpc) is 3.06. The zero-order valence-corrected chi connectivity index (χ0v) is 23.6. The molecule has 1 amide bonds. The van der Waals surface area contributed by atoms with Gasteiger partial charge in [0, 0.05) is 16.1 Å². The fourth-order valence-electron chi connectivity index (χ4n) is 4.20. The van der Waals surface area contributed by atoms with Gasteiger partial charge in [0.1, 0.15) is 23.8 Å². The molecule has 2 fully saturated rings. The van der Waals surface area contributed by atoms with E-state index in [0.29, 0.717) is 28.9 Å². The molecule has 4 rings (SSSR count). The second-order valence-electron chi connectivity index (χ2n) is 8.01. The molecule has 1 saturated heterocycles. The van der Waals surface area contributed by atoms with Crippen LogP contribution in [0.1, 0.15) is 43.2 Å². The first-order valence-electron chi connectivity index (χ1n) is 10.7. The summed E-state index contributed by atoms with van der Waals surface area (Å²) in [6.45, 7) is 0.299. The smallest absolute Gasteiger partial charge is 0.276 e. The Kier molecular flexibility index (Phi) is 8.15. The van der Waals surface area contributed by atoms with Crippen molar-refractivity contribution in [2.75, 3.05) is 7.11 Å². The molecule has 9 heteroatoms. The number of benzene rings is 2. The first kappa shape index (κ1) is 24.7. The summed E-state index contributed by atoms with van der Waals surface area (Å²) in [5.41, 5.74) is 2.24. The van der Waals surface area contributed by atoms with Crippen LogP contribution in [0.3, 0.4) is 0 Å². The van der Waals surface area contributed by atoms with Crippen LogP contribution in [0, 0.1) is 0 Å². The summed E-state index contributed by atoms with van der Waals surface area (Å²) in [4.78, 5) is 14.8. The lowest BCUT2D eigenvalue weighted by Crippen LogP contribution is -2.41. The van der Waals surface area contributed by atoms with Crippen molar-refractivity contribution in [1.82, 2.24) is 10.2 Å². The number of nitrogens with one attached hydrogen (secondary N) is 1. The molecule has 1 aliphatic carbocycles. The van der Waals surface area contributed by atoms with E-state index in [-0.39, 0.29) is 11.9 Å². The van der Waals surface area contributed by atoms with Crippen LogP contribution in [0.25, 0.3) is 6.08 Å². The molecule has 0 atom stereocenters. The van der Waals surface area contributed by atoms with Crippen LogP contribution in [-0.2, 0) is 11.4 Å². The summed E-state index contributed by atoms with van der Waals surface area (Å²) in [6.07, 6.45) is 7.36. The van der Waals surface area contributed by atoms with E-state index < -0.39 is 0 Å². The minimum atomic E-state index is -0.0526. The third-order valence-corrected chi connectivity index (χ3v) is 7.73. The zero-order chi connectivity index (χ0) is 23.5. The van der Waals surface area contributed by atoms with Gasteiger partial charge in [0.05, 0.1) is 16.1 Å². The van der Waals surface area contributed by atoms with Crippen molar-refractivity contribution in [2.45, 2.75) is 44.8 Å². The van der Waals surface area contributed by atoms with E-state index in [1.807, 2.05) is 36.4 Å². The van der Waals surface area contributed by atoms with E-state index in [1.54, 1.807) is 12.0 Å². The molecule has 1 saturated carbocycles. The van der Waals surface area contributed by atoms with Crippen LogP contribution in [0.15, 0.2) is 49.4 Å². The van der Waals surface area contributed by atoms with Gasteiger partial charge in [0.2, 0.25) is 0 Å². The van der Waals surface area contributed by atoms with Gasteiger partial charge in [0.15, 0.2) is 5.11 Å². The number of amides is 1. The molecule has 0 spiro atoms. The predicted molar refractivity (Wildman–Crippen MR) is 144 cm³/mol. The normalized spacial score (nSPS) is 18.1. The number of thiocarbonyl (C=S) groups is 1. The molecule has 0 unspecified atom stereocenters. The van der Waals surface area contributed by atoms with Crippen molar-refractivity contribution in [2.24, 2.45) is 0 Å². The summed E-state index contributed by atoms with van der Waals surface area (Å²) >= 11 is 16.0. The minimum absolute atomic E-state index is 0.0526. The van der Waals surface area contributed by atoms with E-state index in [2.05, 4.69) is 53.1 Å². The quantitative estimate of drug-likeness (QED) is 0.269. The van der Waals surface area contributed by atoms with Crippen molar-refractivity contribution >= 4 is 77.1 Å². The predicted octanol–water partition coefficient (Wildman–Crippen LogP) is 6.95. The van der Waals surface area contributed by atoms with Crippen molar-refractivity contribution in [3.8, 4) is 11.5 Å². The van der Waals surface area contributed by atoms with Gasteiger partial charge in [-0.05, 0) is 92.8 Å². The molecule has 5 nitrogen and oxygen atoms in total. The monoisotopic (exact) mass is 656 g/mol. The Balaban J connectivity index is 1.55. The second-order valence-corrected chi connectivity index (χ2v) is 11.0. The minimum Gasteiger partial charge on any atom is -0.496 e. The Hall–Kier alpha value is -1.42. The van der Waals surface area contributed by atoms with E-state index in [1.165, 1.54) is 6.42 Å². The summed E-state index contributed by atoms with van der Waals surface area (Å²) < 4.78 is 14.2. The van der Waals surface area contributed by atoms with Gasteiger partial charge in [-0.1, -0.05) is 41.3 Å². The highest BCUT2D eigenvalue weighted by molar-refractivity contribution is 9.11. The first-order valence-corrected chi connectivity index (χ1v) is 13.5. The number of nitrogens with zero attached hydrogens (tertiary/aromatic N) is 1. The van der Waals surface area contributed by atoms with Crippen LogP contribution in [0.4, 0.5) is 0 Å². The van der Waals surface area contributed by atoms with Crippen molar-refractivity contribution in [1.29, 1.82) is 0 Å². The lowest BCUT2D eigenvalue weighted by molar-refractivity contribution is -0.124. The van der Waals surface area contributed by atoms with Gasteiger partial charge in [-0.15, -0.1) is 0 Å². The molecule has 0 aromatic heterocycles. The summed E-state index contributed by atoms with van der Waals surface area (Å²) in [5.74, 6) is 1.36. The Labute approximate surface area is 224 Å². The molecule has 1 aliphatic heterocycles. The molecule has 33 heavy (non-hydrogen) atoms. The van der Waals surface area contributed by atoms with Crippen molar-refractivity contribution < 1.29 is 14.3 Å². The van der Waals surface area contributed by atoms with Crippen molar-refractivity contribution in [3.05, 3.63) is 60.6 Å².